The van der Waals surface area contributed by atoms with Crippen molar-refractivity contribution in [3.05, 3.63) is 68.0 Å². The van der Waals surface area contributed by atoms with Crippen LogP contribution in [-0.4, -0.2) is 64.0 Å². The lowest BCUT2D eigenvalue weighted by Crippen LogP contribution is -2.44. The Hall–Kier alpha value is -4.47. The Morgan fingerprint density at radius 2 is 2.02 bits per heavy atom. The van der Waals surface area contributed by atoms with Gasteiger partial charge in [-0.25, -0.2) is 9.78 Å². The Morgan fingerprint density at radius 1 is 1.24 bits per heavy atom. The summed E-state index contributed by atoms with van der Waals surface area (Å²) in [7, 11) is 3.10. The molecule has 1 aliphatic rings. The van der Waals surface area contributed by atoms with Crippen LogP contribution in [0.15, 0.2) is 39.9 Å². The summed E-state index contributed by atoms with van der Waals surface area (Å²) >= 11 is 0. The van der Waals surface area contributed by atoms with Crippen LogP contribution in [0.3, 0.4) is 0 Å². The van der Waals surface area contributed by atoms with Gasteiger partial charge in [-0.1, -0.05) is 18.2 Å². The van der Waals surface area contributed by atoms with Crippen molar-refractivity contribution in [3.63, 3.8) is 0 Å². The molecule has 214 valence electrons. The van der Waals surface area contributed by atoms with E-state index in [2.05, 4.69) is 16.4 Å². The van der Waals surface area contributed by atoms with E-state index in [-0.39, 0.29) is 41.3 Å². The van der Waals surface area contributed by atoms with Gasteiger partial charge in [0.15, 0.2) is 0 Å². The van der Waals surface area contributed by atoms with Crippen molar-refractivity contribution in [1.29, 1.82) is 5.26 Å². The zero-order chi connectivity index (χ0) is 29.3. The number of anilines is 1. The molecule has 41 heavy (non-hydrogen) atoms. The van der Waals surface area contributed by atoms with E-state index >= 15 is 0 Å². The number of hydrogen-bond donors (Lipinski definition) is 2. The largest absolute Gasteiger partial charge is 0.383 e. The number of carbonyl (C=O) groups is 1. The molecule has 5 rings (SSSR count). The molecule has 1 amide bonds. The van der Waals surface area contributed by atoms with E-state index in [1.54, 1.807) is 24.8 Å². The molecule has 1 aromatic carbocycles. The number of fused-ring (bicyclic) bond motifs is 2. The summed E-state index contributed by atoms with van der Waals surface area (Å²) in [5, 5.41) is 13.5. The first-order valence-corrected chi connectivity index (χ1v) is 13.7. The van der Waals surface area contributed by atoms with E-state index in [0.717, 1.165) is 22.8 Å². The van der Waals surface area contributed by atoms with Gasteiger partial charge >= 0.3 is 5.69 Å². The van der Waals surface area contributed by atoms with E-state index in [4.69, 9.17) is 10.5 Å². The summed E-state index contributed by atoms with van der Waals surface area (Å²) in [5.41, 5.74) is 7.16. The van der Waals surface area contributed by atoms with Gasteiger partial charge in [-0.05, 0) is 31.9 Å². The van der Waals surface area contributed by atoms with Gasteiger partial charge in [0.05, 0.1) is 35.4 Å². The minimum Gasteiger partial charge on any atom is -0.383 e. The number of aryl methyl sites for hydroxylation is 2. The molecule has 0 unspecified atom stereocenters. The Balaban J connectivity index is 1.75. The fraction of sp³-hybridized carbons (Fsp3) is 0.414. The number of para-hydroxylation sites is 1. The van der Waals surface area contributed by atoms with Gasteiger partial charge in [0, 0.05) is 51.8 Å². The Labute approximate surface area is 236 Å². The molecule has 0 aliphatic carbocycles. The zero-order valence-corrected chi connectivity index (χ0v) is 23.5. The number of hydrogen-bond acceptors (Lipinski definition) is 8. The van der Waals surface area contributed by atoms with E-state index in [9.17, 15) is 19.6 Å². The van der Waals surface area contributed by atoms with Crippen LogP contribution in [0.25, 0.3) is 21.9 Å². The van der Waals surface area contributed by atoms with Gasteiger partial charge in [-0.3, -0.25) is 18.7 Å². The van der Waals surface area contributed by atoms with E-state index < -0.39 is 17.2 Å². The monoisotopic (exact) mass is 558 g/mol. The minimum absolute atomic E-state index is 0.0830. The molecular weight excluding hydrogens is 524 g/mol. The summed E-state index contributed by atoms with van der Waals surface area (Å²) < 4.78 is 9.33. The third-order valence-corrected chi connectivity index (χ3v) is 7.63. The Kier molecular flexibility index (Phi) is 7.92. The van der Waals surface area contributed by atoms with E-state index in [0.29, 0.717) is 43.3 Å². The number of methoxy groups -OCH3 is 1. The maximum atomic E-state index is 14.2. The van der Waals surface area contributed by atoms with Crippen LogP contribution < -0.4 is 27.2 Å². The summed E-state index contributed by atoms with van der Waals surface area (Å²) in [6.45, 7) is 3.85. The molecule has 0 spiro atoms. The topological polar surface area (TPSA) is 153 Å². The van der Waals surface area contributed by atoms with Crippen molar-refractivity contribution in [2.75, 3.05) is 38.3 Å². The van der Waals surface area contributed by atoms with Crippen LogP contribution in [0.4, 0.5) is 5.82 Å². The van der Waals surface area contributed by atoms with Crippen molar-refractivity contribution in [2.24, 2.45) is 12.8 Å². The summed E-state index contributed by atoms with van der Waals surface area (Å²) in [6, 6.07) is 11.1. The fourth-order valence-corrected chi connectivity index (χ4v) is 5.69. The average Bonchev–Trinajstić information content (AvgIpc) is 3.33. The lowest BCUT2D eigenvalue weighted by Gasteiger charge is -2.33. The van der Waals surface area contributed by atoms with Crippen LogP contribution in [0.1, 0.15) is 41.4 Å². The molecule has 3 aromatic heterocycles. The van der Waals surface area contributed by atoms with Gasteiger partial charge in [-0.15, -0.1) is 0 Å². The number of nitrogens with zero attached hydrogens (tertiary/aromatic N) is 6. The number of pyridine rings is 1. The molecule has 1 aliphatic heterocycles. The number of carbonyl (C=O) groups excluding carboxylic acids is 1. The van der Waals surface area contributed by atoms with Gasteiger partial charge in [-0.2, -0.15) is 5.26 Å². The first-order chi connectivity index (χ1) is 19.8. The van der Waals surface area contributed by atoms with Crippen molar-refractivity contribution in [1.82, 2.24) is 24.0 Å². The predicted octanol–water partition coefficient (Wildman–Crippen LogP) is 1.29. The second-order valence-corrected chi connectivity index (χ2v) is 10.3. The second-order valence-electron chi connectivity index (χ2n) is 10.3. The molecule has 12 nitrogen and oxygen atoms in total. The molecule has 1 atom stereocenters. The van der Waals surface area contributed by atoms with Crippen molar-refractivity contribution < 1.29 is 9.53 Å². The fourth-order valence-electron chi connectivity index (χ4n) is 5.69. The molecule has 0 saturated carbocycles. The number of aromatic nitrogens is 4. The number of benzene rings is 1. The standard InChI is InChI=1S/C29H34N8O4/c1-4-36-25-24(23(26(38)32-11-13-41-3)27(36)35-12-7-9-20(31)16-35)34(2)29(40)37(28(25)39)17-22-19(15-30)14-18-8-5-6-10-21(18)33-22/h5-6,8,10,14,20H,4,7,9,11-13,16-17,31H2,1-3H3,(H,32,38)/t20-/m1/s1. The van der Waals surface area contributed by atoms with E-state index in [1.807, 2.05) is 36.1 Å². The molecule has 3 N–H and O–H groups in total. The molecule has 4 heterocycles. The summed E-state index contributed by atoms with van der Waals surface area (Å²) in [6.07, 6.45) is 1.70. The molecule has 0 radical (unpaired) electrons. The summed E-state index contributed by atoms with van der Waals surface area (Å²) in [5.74, 6) is 0.169. The highest BCUT2D eigenvalue weighted by atomic mass is 16.5. The number of rotatable bonds is 8. The molecule has 1 fully saturated rings. The lowest BCUT2D eigenvalue weighted by atomic mass is 10.1. The number of nitriles is 1. The average molecular weight is 559 g/mol. The van der Waals surface area contributed by atoms with Crippen LogP contribution in [0.5, 0.6) is 0 Å². The third kappa shape index (κ3) is 4.98. The quantitative estimate of drug-likeness (QED) is 0.307. The van der Waals surface area contributed by atoms with Crippen LogP contribution in [-0.2, 0) is 24.9 Å². The molecule has 0 bridgehead atoms. The smallest absolute Gasteiger partial charge is 0.331 e. The Morgan fingerprint density at radius 3 is 2.73 bits per heavy atom. The highest BCUT2D eigenvalue weighted by Gasteiger charge is 2.32. The maximum Gasteiger partial charge on any atom is 0.331 e. The third-order valence-electron chi connectivity index (χ3n) is 7.63. The number of piperidine rings is 1. The minimum atomic E-state index is -0.609. The van der Waals surface area contributed by atoms with Gasteiger partial charge in [0.25, 0.3) is 11.5 Å². The molecule has 12 heteroatoms. The maximum absolute atomic E-state index is 14.2. The van der Waals surface area contributed by atoms with Gasteiger partial charge < -0.3 is 25.3 Å². The second kappa shape index (κ2) is 11.6. The normalized spacial score (nSPS) is 15.4. The van der Waals surface area contributed by atoms with Crippen molar-refractivity contribution >= 4 is 33.7 Å². The van der Waals surface area contributed by atoms with E-state index in [1.165, 1.54) is 4.57 Å². The van der Waals surface area contributed by atoms with Crippen LogP contribution in [0.2, 0.25) is 0 Å². The Bertz CT molecular complexity index is 1800. The highest BCUT2D eigenvalue weighted by Crippen LogP contribution is 2.32. The molecule has 1 saturated heterocycles. The summed E-state index contributed by atoms with van der Waals surface area (Å²) in [4.78, 5) is 48.2. The van der Waals surface area contributed by atoms with Crippen molar-refractivity contribution in [2.45, 2.75) is 38.9 Å². The first kappa shape index (κ1) is 28.1. The number of ether oxygens (including phenoxy) is 1. The van der Waals surface area contributed by atoms with Crippen molar-refractivity contribution in [3.8, 4) is 6.07 Å². The van der Waals surface area contributed by atoms with Crippen LogP contribution in [0, 0.1) is 11.3 Å². The predicted molar refractivity (Wildman–Crippen MR) is 156 cm³/mol. The first-order valence-electron chi connectivity index (χ1n) is 13.7. The molecular formula is C29H34N8O4. The molecule has 4 aromatic rings. The number of nitrogens with one attached hydrogen (secondary N) is 1. The van der Waals surface area contributed by atoms with Gasteiger partial charge in [0.2, 0.25) is 0 Å². The lowest BCUT2D eigenvalue weighted by molar-refractivity contribution is 0.0938. The van der Waals surface area contributed by atoms with Crippen LogP contribution >= 0.6 is 0 Å². The van der Waals surface area contributed by atoms with Gasteiger partial charge in [0.1, 0.15) is 23.0 Å². The number of amides is 1. The zero-order valence-electron chi connectivity index (χ0n) is 23.5. The number of nitrogens with two attached hydrogens (primary N) is 1. The SMILES string of the molecule is CCn1c(N2CCC[C@@H](N)C2)c(C(=O)NCCOC)c2c1c(=O)n(Cc1nc3ccccc3cc1C#N)c(=O)n2C. The highest BCUT2D eigenvalue weighted by molar-refractivity contribution is 6.11.